The van der Waals surface area contributed by atoms with E-state index in [9.17, 15) is 18.0 Å². The van der Waals surface area contributed by atoms with Crippen LogP contribution in [0.2, 0.25) is 0 Å². The van der Waals surface area contributed by atoms with Crippen molar-refractivity contribution in [3.05, 3.63) is 41.0 Å². The van der Waals surface area contributed by atoms with Crippen LogP contribution < -0.4 is 5.32 Å². The molecule has 1 amide bonds. The molecule has 0 atom stereocenters. The Kier molecular flexibility index (Phi) is 9.05. The molecule has 0 fully saturated rings. The number of sulfonamides is 1. The standard InChI is InChI=1S/C22H32N2O5S/c1-4-24(5-2)30(27,28)20-15-19(12-11-17(20)3)22(26)29-16-21(25)23-14-13-18-9-7-6-8-10-18/h9,11-12,15H,4-8,10,13-14,16H2,1-3H3,(H,23,25). The van der Waals surface area contributed by atoms with E-state index in [0.717, 1.165) is 19.3 Å². The quantitative estimate of drug-likeness (QED) is 0.449. The molecule has 1 aliphatic carbocycles. The maximum Gasteiger partial charge on any atom is 0.338 e. The number of ether oxygens (including phenoxy) is 1. The number of amides is 1. The number of benzene rings is 1. The van der Waals surface area contributed by atoms with E-state index in [0.29, 0.717) is 25.2 Å². The van der Waals surface area contributed by atoms with Gasteiger partial charge in [-0.1, -0.05) is 31.6 Å². The first-order valence-corrected chi connectivity index (χ1v) is 12.0. The van der Waals surface area contributed by atoms with Crippen LogP contribution in [0.4, 0.5) is 0 Å². The van der Waals surface area contributed by atoms with Crippen molar-refractivity contribution in [1.82, 2.24) is 9.62 Å². The molecule has 0 spiro atoms. The van der Waals surface area contributed by atoms with Crippen molar-refractivity contribution in [2.45, 2.75) is 57.8 Å². The fourth-order valence-corrected chi connectivity index (χ4v) is 5.18. The van der Waals surface area contributed by atoms with Gasteiger partial charge in [-0.3, -0.25) is 4.79 Å². The summed E-state index contributed by atoms with van der Waals surface area (Å²) in [5.74, 6) is -1.10. The zero-order chi connectivity index (χ0) is 22.1. The summed E-state index contributed by atoms with van der Waals surface area (Å²) in [6.45, 7) is 5.99. The second-order valence-corrected chi connectivity index (χ2v) is 9.26. The Morgan fingerprint density at radius 1 is 1.17 bits per heavy atom. The van der Waals surface area contributed by atoms with Crippen LogP contribution in [0, 0.1) is 6.92 Å². The molecule has 1 aliphatic rings. The SMILES string of the molecule is CCN(CC)S(=O)(=O)c1cc(C(=O)OCC(=O)NCCC2=CCCCC2)ccc1C. The summed E-state index contributed by atoms with van der Waals surface area (Å²) >= 11 is 0. The monoisotopic (exact) mass is 436 g/mol. The van der Waals surface area contributed by atoms with E-state index < -0.39 is 22.6 Å². The minimum Gasteiger partial charge on any atom is -0.452 e. The molecule has 166 valence electrons. The van der Waals surface area contributed by atoms with E-state index in [4.69, 9.17) is 4.74 Å². The number of rotatable bonds is 10. The fraction of sp³-hybridized carbons (Fsp3) is 0.545. The van der Waals surface area contributed by atoms with E-state index in [2.05, 4.69) is 11.4 Å². The van der Waals surface area contributed by atoms with Crippen molar-refractivity contribution in [2.24, 2.45) is 0 Å². The van der Waals surface area contributed by atoms with Crippen LogP contribution in [0.1, 0.15) is 61.9 Å². The maximum atomic E-state index is 12.8. The number of carbonyl (C=O) groups is 2. The number of nitrogens with one attached hydrogen (secondary N) is 1. The minimum absolute atomic E-state index is 0.0749. The summed E-state index contributed by atoms with van der Waals surface area (Å²) in [5, 5.41) is 2.75. The molecule has 8 heteroatoms. The molecule has 0 saturated carbocycles. The third-order valence-electron chi connectivity index (χ3n) is 5.23. The summed E-state index contributed by atoms with van der Waals surface area (Å²) in [7, 11) is -3.70. The zero-order valence-electron chi connectivity index (χ0n) is 18.1. The lowest BCUT2D eigenvalue weighted by molar-refractivity contribution is -0.124. The van der Waals surface area contributed by atoms with Gasteiger partial charge in [0.15, 0.2) is 6.61 Å². The number of carbonyl (C=O) groups excluding carboxylic acids is 2. The summed E-state index contributed by atoms with van der Waals surface area (Å²) < 4.78 is 32.0. The second-order valence-electron chi connectivity index (χ2n) is 7.35. The molecule has 1 aromatic rings. The van der Waals surface area contributed by atoms with Gasteiger partial charge in [0.25, 0.3) is 5.91 Å². The lowest BCUT2D eigenvalue weighted by Gasteiger charge is -2.20. The molecule has 0 saturated heterocycles. The first kappa shape index (κ1) is 24.1. The number of aryl methyl sites for hydroxylation is 1. The lowest BCUT2D eigenvalue weighted by atomic mass is 9.97. The van der Waals surface area contributed by atoms with Crippen molar-refractivity contribution in [3.63, 3.8) is 0 Å². The highest BCUT2D eigenvalue weighted by Crippen LogP contribution is 2.22. The molecular formula is C22H32N2O5S. The molecule has 0 bridgehead atoms. The van der Waals surface area contributed by atoms with Gasteiger partial charge in [0.2, 0.25) is 10.0 Å². The van der Waals surface area contributed by atoms with E-state index >= 15 is 0 Å². The number of hydrogen-bond donors (Lipinski definition) is 1. The number of hydrogen-bond acceptors (Lipinski definition) is 5. The molecule has 1 N–H and O–H groups in total. The lowest BCUT2D eigenvalue weighted by Crippen LogP contribution is -2.31. The Morgan fingerprint density at radius 3 is 2.53 bits per heavy atom. The number of nitrogens with zero attached hydrogens (tertiary/aromatic N) is 1. The fourth-order valence-electron chi connectivity index (χ4n) is 3.47. The van der Waals surface area contributed by atoms with Gasteiger partial charge in [0, 0.05) is 19.6 Å². The van der Waals surface area contributed by atoms with E-state index in [1.165, 1.54) is 34.9 Å². The summed E-state index contributed by atoms with van der Waals surface area (Å²) in [4.78, 5) is 24.4. The van der Waals surface area contributed by atoms with E-state index in [1.54, 1.807) is 26.8 Å². The van der Waals surface area contributed by atoms with Gasteiger partial charge < -0.3 is 10.1 Å². The van der Waals surface area contributed by atoms with Crippen molar-refractivity contribution >= 4 is 21.9 Å². The minimum atomic E-state index is -3.70. The van der Waals surface area contributed by atoms with Gasteiger partial charge >= 0.3 is 5.97 Å². The van der Waals surface area contributed by atoms with Gasteiger partial charge in [-0.25, -0.2) is 13.2 Å². The number of esters is 1. The first-order valence-electron chi connectivity index (χ1n) is 10.5. The van der Waals surface area contributed by atoms with Gasteiger partial charge in [-0.05, 0) is 56.7 Å². The highest BCUT2D eigenvalue weighted by molar-refractivity contribution is 7.89. The van der Waals surface area contributed by atoms with Crippen LogP contribution in [-0.2, 0) is 19.6 Å². The Bertz CT molecular complexity index is 889. The van der Waals surface area contributed by atoms with Crippen molar-refractivity contribution in [1.29, 1.82) is 0 Å². The smallest absolute Gasteiger partial charge is 0.338 e. The van der Waals surface area contributed by atoms with Crippen LogP contribution in [0.5, 0.6) is 0 Å². The van der Waals surface area contributed by atoms with Crippen molar-refractivity contribution in [3.8, 4) is 0 Å². The highest BCUT2D eigenvalue weighted by Gasteiger charge is 2.25. The van der Waals surface area contributed by atoms with Gasteiger partial charge in [-0.2, -0.15) is 4.31 Å². The molecule has 30 heavy (non-hydrogen) atoms. The van der Waals surface area contributed by atoms with Crippen LogP contribution in [0.3, 0.4) is 0 Å². The summed E-state index contributed by atoms with van der Waals surface area (Å²) in [5.41, 5.74) is 2.01. The average Bonchev–Trinajstić information content (AvgIpc) is 2.73. The molecular weight excluding hydrogens is 404 g/mol. The van der Waals surface area contributed by atoms with Crippen LogP contribution in [-0.4, -0.2) is 50.8 Å². The molecule has 0 heterocycles. The van der Waals surface area contributed by atoms with Crippen LogP contribution >= 0.6 is 0 Å². The maximum absolute atomic E-state index is 12.8. The number of allylic oxidation sites excluding steroid dienone is 1. The largest absolute Gasteiger partial charge is 0.452 e. The van der Waals surface area contributed by atoms with Gasteiger partial charge in [0.05, 0.1) is 10.5 Å². The molecule has 1 aromatic carbocycles. The van der Waals surface area contributed by atoms with E-state index in [-0.39, 0.29) is 16.4 Å². The average molecular weight is 437 g/mol. The third-order valence-corrected chi connectivity index (χ3v) is 7.43. The van der Waals surface area contributed by atoms with Crippen LogP contribution in [0.15, 0.2) is 34.7 Å². The predicted octanol–water partition coefficient (Wildman–Crippen LogP) is 3.19. The molecule has 0 aromatic heterocycles. The van der Waals surface area contributed by atoms with E-state index in [1.807, 2.05) is 0 Å². The highest BCUT2D eigenvalue weighted by atomic mass is 32.2. The van der Waals surface area contributed by atoms with Gasteiger partial charge in [0.1, 0.15) is 0 Å². The molecule has 0 aliphatic heterocycles. The summed E-state index contributed by atoms with van der Waals surface area (Å²) in [6.07, 6.45) is 7.64. The second kappa shape index (κ2) is 11.3. The zero-order valence-corrected chi connectivity index (χ0v) is 18.9. The molecule has 2 rings (SSSR count). The Hall–Kier alpha value is -2.19. The molecule has 0 radical (unpaired) electrons. The Morgan fingerprint density at radius 2 is 1.90 bits per heavy atom. The molecule has 7 nitrogen and oxygen atoms in total. The molecule has 0 unspecified atom stereocenters. The third kappa shape index (κ3) is 6.40. The Balaban J connectivity index is 1.93. The first-order chi connectivity index (χ1) is 14.3. The van der Waals surface area contributed by atoms with Crippen LogP contribution in [0.25, 0.3) is 0 Å². The van der Waals surface area contributed by atoms with Gasteiger partial charge in [-0.15, -0.1) is 0 Å². The topological polar surface area (TPSA) is 92.8 Å². The summed E-state index contributed by atoms with van der Waals surface area (Å²) in [6, 6.07) is 4.40. The van der Waals surface area contributed by atoms with Crippen molar-refractivity contribution < 1.29 is 22.7 Å². The van der Waals surface area contributed by atoms with Crippen molar-refractivity contribution in [2.75, 3.05) is 26.2 Å². The Labute approximate surface area is 179 Å². The normalized spacial score (nSPS) is 14.3. The predicted molar refractivity (Wildman–Crippen MR) is 116 cm³/mol.